The molecule has 1 aliphatic rings. The second-order valence-electron chi connectivity index (χ2n) is 5.70. The highest BCUT2D eigenvalue weighted by molar-refractivity contribution is 7.89. The molecule has 118 valence electrons. The summed E-state index contributed by atoms with van der Waals surface area (Å²) in [6.45, 7) is 7.68. The minimum atomic E-state index is -3.34. The molecule has 0 radical (unpaired) electrons. The Labute approximate surface area is 128 Å². The van der Waals surface area contributed by atoms with Crippen LogP contribution in [0.25, 0.3) is 0 Å². The van der Waals surface area contributed by atoms with Crippen LogP contribution < -0.4 is 5.32 Å². The third-order valence-electron chi connectivity index (χ3n) is 3.90. The monoisotopic (exact) mass is 310 g/mol. The molecule has 2 rings (SSSR count). The molecule has 0 aliphatic heterocycles. The minimum absolute atomic E-state index is 0.218. The lowest BCUT2D eigenvalue weighted by Crippen LogP contribution is -2.33. The first-order valence-electron chi connectivity index (χ1n) is 7.85. The molecule has 1 atom stereocenters. The summed E-state index contributed by atoms with van der Waals surface area (Å²) in [7, 11) is -3.34. The number of nitrogens with one attached hydrogen (secondary N) is 1. The third-order valence-corrected chi connectivity index (χ3v) is 5.86. The molecule has 1 aromatic rings. The van der Waals surface area contributed by atoms with Gasteiger partial charge < -0.3 is 5.32 Å². The molecule has 1 aliphatic carbocycles. The Bertz CT molecular complexity index is 550. The summed E-state index contributed by atoms with van der Waals surface area (Å²) in [5.74, 6) is 0. The Balaban J connectivity index is 2.19. The Hall–Kier alpha value is -0.910. The van der Waals surface area contributed by atoms with Crippen LogP contribution in [0.15, 0.2) is 29.2 Å². The van der Waals surface area contributed by atoms with Crippen LogP contribution in [0.5, 0.6) is 0 Å². The van der Waals surface area contributed by atoms with Crippen molar-refractivity contribution in [3.05, 3.63) is 29.8 Å². The van der Waals surface area contributed by atoms with E-state index < -0.39 is 10.0 Å². The fourth-order valence-corrected chi connectivity index (χ4v) is 4.35. The highest BCUT2D eigenvalue weighted by Gasteiger charge is 2.37. The normalized spacial score (nSPS) is 17.1. The van der Waals surface area contributed by atoms with Gasteiger partial charge in [0.2, 0.25) is 10.0 Å². The van der Waals surface area contributed by atoms with Crippen LogP contribution in [0.2, 0.25) is 0 Å². The summed E-state index contributed by atoms with van der Waals surface area (Å²) in [4.78, 5) is 0.412. The third kappa shape index (κ3) is 3.84. The standard InChI is InChI=1S/C16H26N2O2S/c1-4-12-18(15-8-9-15)21(19,20)16-10-6-14(7-11-16)13(3)17-5-2/h6-7,10-11,13,15,17H,4-5,8-9,12H2,1-3H3. The van der Waals surface area contributed by atoms with E-state index >= 15 is 0 Å². The summed E-state index contributed by atoms with van der Waals surface area (Å²) < 4.78 is 27.1. The Kier molecular flexibility index (Phi) is 5.41. The number of hydrogen-bond donors (Lipinski definition) is 1. The van der Waals surface area contributed by atoms with Crippen LogP contribution >= 0.6 is 0 Å². The van der Waals surface area contributed by atoms with Crippen molar-refractivity contribution >= 4 is 10.0 Å². The van der Waals surface area contributed by atoms with Gasteiger partial charge in [-0.2, -0.15) is 4.31 Å². The molecule has 0 aromatic heterocycles. The lowest BCUT2D eigenvalue weighted by atomic mass is 10.1. The van der Waals surface area contributed by atoms with Gasteiger partial charge in [0.25, 0.3) is 0 Å². The number of hydrogen-bond acceptors (Lipinski definition) is 3. The number of benzene rings is 1. The molecule has 0 saturated heterocycles. The van der Waals surface area contributed by atoms with E-state index in [4.69, 9.17) is 0 Å². The van der Waals surface area contributed by atoms with Gasteiger partial charge in [-0.3, -0.25) is 0 Å². The van der Waals surface area contributed by atoms with Crippen molar-refractivity contribution in [3.8, 4) is 0 Å². The molecule has 1 unspecified atom stereocenters. The molecule has 0 amide bonds. The van der Waals surface area contributed by atoms with Crippen LogP contribution in [0.1, 0.15) is 51.6 Å². The fourth-order valence-electron chi connectivity index (χ4n) is 2.57. The predicted molar refractivity (Wildman–Crippen MR) is 85.7 cm³/mol. The Morgan fingerprint density at radius 3 is 2.33 bits per heavy atom. The van der Waals surface area contributed by atoms with E-state index in [1.807, 2.05) is 19.1 Å². The summed E-state index contributed by atoms with van der Waals surface area (Å²) in [5.41, 5.74) is 1.12. The summed E-state index contributed by atoms with van der Waals surface area (Å²) in [6.07, 6.45) is 2.84. The molecule has 0 bridgehead atoms. The zero-order valence-electron chi connectivity index (χ0n) is 13.2. The second-order valence-corrected chi connectivity index (χ2v) is 7.59. The first-order chi connectivity index (χ1) is 10.0. The molecule has 4 nitrogen and oxygen atoms in total. The van der Waals surface area contributed by atoms with Gasteiger partial charge in [-0.1, -0.05) is 26.0 Å². The smallest absolute Gasteiger partial charge is 0.243 e. The van der Waals surface area contributed by atoms with E-state index in [0.29, 0.717) is 11.4 Å². The van der Waals surface area contributed by atoms with Crippen LogP contribution in [0.3, 0.4) is 0 Å². The lowest BCUT2D eigenvalue weighted by Gasteiger charge is -2.21. The van der Waals surface area contributed by atoms with Gasteiger partial charge in [-0.15, -0.1) is 0 Å². The topological polar surface area (TPSA) is 49.4 Å². The quantitative estimate of drug-likeness (QED) is 0.803. The van der Waals surface area contributed by atoms with Crippen molar-refractivity contribution in [1.82, 2.24) is 9.62 Å². The molecule has 0 heterocycles. The average Bonchev–Trinajstić information content (AvgIpc) is 3.29. The summed E-state index contributed by atoms with van der Waals surface area (Å²) >= 11 is 0. The highest BCUT2D eigenvalue weighted by atomic mass is 32.2. The van der Waals surface area contributed by atoms with E-state index in [0.717, 1.165) is 31.4 Å². The molecule has 1 N–H and O–H groups in total. The zero-order chi connectivity index (χ0) is 15.5. The van der Waals surface area contributed by atoms with Crippen molar-refractivity contribution < 1.29 is 8.42 Å². The van der Waals surface area contributed by atoms with Crippen LogP contribution in [0, 0.1) is 0 Å². The van der Waals surface area contributed by atoms with Crippen molar-refractivity contribution in [2.75, 3.05) is 13.1 Å². The summed E-state index contributed by atoms with van der Waals surface area (Å²) in [5, 5.41) is 3.33. The maximum atomic E-state index is 12.7. The molecular formula is C16H26N2O2S. The number of nitrogens with zero attached hydrogens (tertiary/aromatic N) is 1. The van der Waals surface area contributed by atoms with Crippen LogP contribution in [-0.4, -0.2) is 31.9 Å². The molecular weight excluding hydrogens is 284 g/mol. The largest absolute Gasteiger partial charge is 0.310 e. The van der Waals surface area contributed by atoms with Crippen LogP contribution in [0.4, 0.5) is 0 Å². The van der Waals surface area contributed by atoms with Crippen molar-refractivity contribution in [2.24, 2.45) is 0 Å². The molecule has 1 aromatic carbocycles. The maximum absolute atomic E-state index is 12.7. The lowest BCUT2D eigenvalue weighted by molar-refractivity contribution is 0.403. The van der Waals surface area contributed by atoms with E-state index in [9.17, 15) is 8.42 Å². The fraction of sp³-hybridized carbons (Fsp3) is 0.625. The molecule has 1 saturated carbocycles. The highest BCUT2D eigenvalue weighted by Crippen LogP contribution is 2.32. The Morgan fingerprint density at radius 2 is 1.86 bits per heavy atom. The molecule has 21 heavy (non-hydrogen) atoms. The first-order valence-corrected chi connectivity index (χ1v) is 9.29. The molecule has 1 fully saturated rings. The zero-order valence-corrected chi connectivity index (χ0v) is 14.0. The van der Waals surface area contributed by atoms with Crippen LogP contribution in [-0.2, 0) is 10.0 Å². The number of rotatable bonds is 8. The van der Waals surface area contributed by atoms with Gasteiger partial charge in [0, 0.05) is 18.6 Å². The van der Waals surface area contributed by atoms with E-state index in [-0.39, 0.29) is 12.1 Å². The number of sulfonamides is 1. The predicted octanol–water partition coefficient (Wildman–Crippen LogP) is 2.92. The minimum Gasteiger partial charge on any atom is -0.310 e. The second kappa shape index (κ2) is 6.90. The van der Waals surface area contributed by atoms with Gasteiger partial charge in [0.1, 0.15) is 0 Å². The molecule has 0 spiro atoms. The summed E-state index contributed by atoms with van der Waals surface area (Å²) in [6, 6.07) is 7.76. The maximum Gasteiger partial charge on any atom is 0.243 e. The average molecular weight is 310 g/mol. The van der Waals surface area contributed by atoms with Gasteiger partial charge in [-0.05, 0) is 50.4 Å². The molecule has 5 heteroatoms. The van der Waals surface area contributed by atoms with Gasteiger partial charge in [0.05, 0.1) is 4.90 Å². The van der Waals surface area contributed by atoms with E-state index in [1.165, 1.54) is 0 Å². The Morgan fingerprint density at radius 1 is 1.24 bits per heavy atom. The first kappa shape index (κ1) is 16.5. The van der Waals surface area contributed by atoms with E-state index in [2.05, 4.69) is 19.2 Å². The van der Waals surface area contributed by atoms with Gasteiger partial charge in [-0.25, -0.2) is 8.42 Å². The van der Waals surface area contributed by atoms with Gasteiger partial charge >= 0.3 is 0 Å². The SMILES string of the molecule is CCCN(C1CC1)S(=O)(=O)c1ccc(C(C)NCC)cc1. The van der Waals surface area contributed by atoms with E-state index in [1.54, 1.807) is 16.4 Å². The van der Waals surface area contributed by atoms with Crippen molar-refractivity contribution in [3.63, 3.8) is 0 Å². The van der Waals surface area contributed by atoms with Gasteiger partial charge in [0.15, 0.2) is 0 Å². The van der Waals surface area contributed by atoms with Crippen molar-refractivity contribution in [1.29, 1.82) is 0 Å². The van der Waals surface area contributed by atoms with Crippen molar-refractivity contribution in [2.45, 2.75) is 57.0 Å².